The molecule has 1 heterocycles. The average Bonchev–Trinajstić information content (AvgIpc) is 2.59. The lowest BCUT2D eigenvalue weighted by atomic mass is 9.96. The van der Waals surface area contributed by atoms with Crippen LogP contribution in [0.3, 0.4) is 0 Å². The Kier molecular flexibility index (Phi) is 5.58. The van der Waals surface area contributed by atoms with Crippen LogP contribution >= 0.6 is 0 Å². The van der Waals surface area contributed by atoms with Crippen molar-refractivity contribution < 1.29 is 4.79 Å². The van der Waals surface area contributed by atoms with Crippen molar-refractivity contribution in [2.45, 2.75) is 19.9 Å². The molecule has 0 saturated carbocycles. The van der Waals surface area contributed by atoms with Gasteiger partial charge in [0, 0.05) is 20.1 Å². The molecular weight excluding hydrogens is 320 g/mol. The molecule has 2 aromatic rings. The number of aromatic nitrogens is 2. The van der Waals surface area contributed by atoms with Gasteiger partial charge in [-0.2, -0.15) is 0 Å². The van der Waals surface area contributed by atoms with Crippen LogP contribution in [0.5, 0.6) is 0 Å². The minimum absolute atomic E-state index is 0.0391. The quantitative estimate of drug-likeness (QED) is 0.757. The molecule has 0 spiro atoms. The zero-order valence-corrected chi connectivity index (χ0v) is 14.9. The van der Waals surface area contributed by atoms with Gasteiger partial charge in [-0.05, 0) is 11.5 Å². The summed E-state index contributed by atoms with van der Waals surface area (Å²) in [5.74, 6) is -0.300. The summed E-state index contributed by atoms with van der Waals surface area (Å²) in [7, 11) is 2.76. The van der Waals surface area contributed by atoms with E-state index in [-0.39, 0.29) is 29.9 Å². The first-order chi connectivity index (χ1) is 11.8. The highest BCUT2D eigenvalue weighted by molar-refractivity contribution is 6.01. The van der Waals surface area contributed by atoms with Gasteiger partial charge in [-0.1, -0.05) is 44.2 Å². The summed E-state index contributed by atoms with van der Waals surface area (Å²) in [6, 6.07) is 9.75. The van der Waals surface area contributed by atoms with Gasteiger partial charge in [-0.3, -0.25) is 18.7 Å². The van der Waals surface area contributed by atoms with Crippen LogP contribution in [-0.2, 0) is 14.1 Å². The molecular formula is C18H24N4O3. The second-order valence-corrected chi connectivity index (χ2v) is 6.40. The van der Waals surface area contributed by atoms with Crippen molar-refractivity contribution in [2.75, 3.05) is 12.3 Å². The summed E-state index contributed by atoms with van der Waals surface area (Å²) in [6.07, 6.45) is 0. The second-order valence-electron chi connectivity index (χ2n) is 6.40. The number of nitrogens with two attached hydrogens (primary N) is 1. The SMILES string of the molecule is CC(C)C(NCC(=O)c1c(N)n(C)c(=O)n(C)c1=O)c1ccccc1. The van der Waals surface area contributed by atoms with Crippen LogP contribution < -0.4 is 22.3 Å². The summed E-state index contributed by atoms with van der Waals surface area (Å²) < 4.78 is 1.99. The Hall–Kier alpha value is -2.67. The minimum atomic E-state index is -0.673. The molecule has 0 aliphatic carbocycles. The van der Waals surface area contributed by atoms with Crippen molar-refractivity contribution in [1.29, 1.82) is 0 Å². The van der Waals surface area contributed by atoms with Crippen LogP contribution in [0.2, 0.25) is 0 Å². The first kappa shape index (κ1) is 18.7. The van der Waals surface area contributed by atoms with Gasteiger partial charge < -0.3 is 11.1 Å². The Bertz CT molecular complexity index is 882. The maximum Gasteiger partial charge on any atom is 0.332 e. The van der Waals surface area contributed by atoms with Crippen molar-refractivity contribution >= 4 is 11.6 Å². The number of benzene rings is 1. The van der Waals surface area contributed by atoms with Crippen molar-refractivity contribution in [1.82, 2.24) is 14.5 Å². The standard InChI is InChI=1S/C18H24N4O3/c1-11(2)15(12-8-6-5-7-9-12)20-10-13(23)14-16(19)21(3)18(25)22(4)17(14)24/h5-9,11,15,20H,10,19H2,1-4H3. The van der Waals surface area contributed by atoms with E-state index in [9.17, 15) is 14.4 Å². The number of ketones is 1. The van der Waals surface area contributed by atoms with Crippen molar-refractivity contribution in [3.63, 3.8) is 0 Å². The maximum atomic E-state index is 12.6. The first-order valence-electron chi connectivity index (χ1n) is 8.12. The lowest BCUT2D eigenvalue weighted by Crippen LogP contribution is -2.43. The van der Waals surface area contributed by atoms with E-state index in [0.29, 0.717) is 0 Å². The summed E-state index contributed by atoms with van der Waals surface area (Å²) in [4.78, 5) is 36.7. The lowest BCUT2D eigenvalue weighted by Gasteiger charge is -2.23. The molecule has 7 heteroatoms. The molecule has 0 fully saturated rings. The fraction of sp³-hybridized carbons (Fsp3) is 0.389. The second kappa shape index (κ2) is 7.48. The van der Waals surface area contributed by atoms with Crippen LogP contribution in [0, 0.1) is 5.92 Å². The highest BCUT2D eigenvalue weighted by atomic mass is 16.2. The van der Waals surface area contributed by atoms with Gasteiger partial charge in [-0.15, -0.1) is 0 Å². The summed E-state index contributed by atoms with van der Waals surface area (Å²) in [6.45, 7) is 4.05. The van der Waals surface area contributed by atoms with Crippen LogP contribution in [0.15, 0.2) is 39.9 Å². The van der Waals surface area contributed by atoms with Gasteiger partial charge in [0.05, 0.1) is 6.54 Å². The van der Waals surface area contributed by atoms with E-state index in [0.717, 1.165) is 14.7 Å². The maximum absolute atomic E-state index is 12.6. The van der Waals surface area contributed by atoms with E-state index in [2.05, 4.69) is 19.2 Å². The van der Waals surface area contributed by atoms with Gasteiger partial charge >= 0.3 is 5.69 Å². The monoisotopic (exact) mass is 344 g/mol. The Morgan fingerprint density at radius 2 is 1.72 bits per heavy atom. The topological polar surface area (TPSA) is 99.1 Å². The third-order valence-electron chi connectivity index (χ3n) is 4.30. The number of nitrogens with zero attached hydrogens (tertiary/aromatic N) is 2. The smallest absolute Gasteiger partial charge is 0.332 e. The highest BCUT2D eigenvalue weighted by Gasteiger charge is 2.22. The molecule has 7 nitrogen and oxygen atoms in total. The van der Waals surface area contributed by atoms with Crippen LogP contribution in [0.1, 0.15) is 35.8 Å². The zero-order chi connectivity index (χ0) is 18.7. The average molecular weight is 344 g/mol. The number of nitrogen functional groups attached to an aromatic ring is 1. The molecule has 1 atom stereocenters. The summed E-state index contributed by atoms with van der Waals surface area (Å²) >= 11 is 0. The first-order valence-corrected chi connectivity index (χ1v) is 8.12. The van der Waals surface area contributed by atoms with Gasteiger partial charge in [0.15, 0.2) is 5.78 Å². The molecule has 1 unspecified atom stereocenters. The number of hydrogen-bond acceptors (Lipinski definition) is 5. The highest BCUT2D eigenvalue weighted by Crippen LogP contribution is 2.21. The summed E-state index contributed by atoms with van der Waals surface area (Å²) in [5.41, 5.74) is 5.50. The van der Waals surface area contributed by atoms with Gasteiger partial charge in [0.2, 0.25) is 0 Å². The minimum Gasteiger partial charge on any atom is -0.384 e. The van der Waals surface area contributed by atoms with Crippen LogP contribution in [0.25, 0.3) is 0 Å². The van der Waals surface area contributed by atoms with E-state index in [1.807, 2.05) is 30.3 Å². The molecule has 0 bridgehead atoms. The fourth-order valence-electron chi connectivity index (χ4n) is 2.81. The Morgan fingerprint density at radius 3 is 2.28 bits per heavy atom. The van der Waals surface area contributed by atoms with E-state index in [4.69, 9.17) is 5.73 Å². The van der Waals surface area contributed by atoms with Gasteiger partial charge in [0.1, 0.15) is 11.4 Å². The van der Waals surface area contributed by atoms with E-state index in [1.165, 1.54) is 14.1 Å². The number of rotatable bonds is 6. The number of anilines is 1. The lowest BCUT2D eigenvalue weighted by molar-refractivity contribution is 0.0982. The van der Waals surface area contributed by atoms with Crippen LogP contribution in [-0.4, -0.2) is 21.5 Å². The number of hydrogen-bond donors (Lipinski definition) is 2. The Labute approximate surface area is 146 Å². The molecule has 0 saturated heterocycles. The third-order valence-corrected chi connectivity index (χ3v) is 4.30. The molecule has 134 valence electrons. The predicted octanol–water partition coefficient (Wildman–Crippen LogP) is 0.836. The van der Waals surface area contributed by atoms with E-state index >= 15 is 0 Å². The summed E-state index contributed by atoms with van der Waals surface area (Å²) in [5, 5.41) is 3.20. The van der Waals surface area contributed by atoms with Gasteiger partial charge in [0.25, 0.3) is 5.56 Å². The Morgan fingerprint density at radius 1 is 1.12 bits per heavy atom. The van der Waals surface area contributed by atoms with Gasteiger partial charge in [-0.25, -0.2) is 4.79 Å². The number of carbonyl (C=O) groups excluding carboxylic acids is 1. The Balaban J connectivity index is 2.29. The molecule has 0 radical (unpaired) electrons. The predicted molar refractivity (Wildman–Crippen MR) is 97.7 cm³/mol. The van der Waals surface area contributed by atoms with Crippen molar-refractivity contribution in [3.8, 4) is 0 Å². The molecule has 0 amide bonds. The number of Topliss-reactive ketones (excluding diaryl/α,β-unsaturated/α-hetero) is 1. The fourth-order valence-corrected chi connectivity index (χ4v) is 2.81. The van der Waals surface area contributed by atoms with Crippen LogP contribution in [0.4, 0.5) is 5.82 Å². The zero-order valence-electron chi connectivity index (χ0n) is 14.9. The molecule has 1 aromatic carbocycles. The number of carbonyl (C=O) groups is 1. The molecule has 0 aliphatic heterocycles. The molecule has 1 aromatic heterocycles. The van der Waals surface area contributed by atoms with E-state index in [1.54, 1.807) is 0 Å². The number of nitrogens with one attached hydrogen (secondary N) is 1. The normalized spacial score (nSPS) is 12.4. The van der Waals surface area contributed by atoms with E-state index < -0.39 is 17.0 Å². The van der Waals surface area contributed by atoms with Crippen molar-refractivity contribution in [2.24, 2.45) is 20.0 Å². The van der Waals surface area contributed by atoms with Crippen molar-refractivity contribution in [3.05, 3.63) is 62.3 Å². The molecule has 0 aliphatic rings. The molecule has 2 rings (SSSR count). The largest absolute Gasteiger partial charge is 0.384 e. The third kappa shape index (κ3) is 3.71. The molecule has 3 N–H and O–H groups in total. The molecule has 25 heavy (non-hydrogen) atoms.